The Kier molecular flexibility index (Phi) is 6.46. The lowest BCUT2D eigenvalue weighted by Gasteiger charge is -2.11. The highest BCUT2D eigenvalue weighted by molar-refractivity contribution is 7.33. The molecule has 0 radical (unpaired) electrons. The molecule has 0 heterocycles. The van der Waals surface area contributed by atoms with Gasteiger partial charge >= 0.3 is 8.25 Å². The number of hydrogen-bond donors (Lipinski definition) is 0. The maximum absolute atomic E-state index is 11.6. The predicted molar refractivity (Wildman–Crippen MR) is 84.5 cm³/mol. The molecule has 0 atom stereocenters. The number of rotatable bonds is 8. The van der Waals surface area contributed by atoms with Crippen LogP contribution in [0.3, 0.4) is 0 Å². The Morgan fingerprint density at radius 1 is 0.773 bits per heavy atom. The van der Waals surface area contributed by atoms with Gasteiger partial charge in [-0.3, -0.25) is 13.6 Å². The molecule has 6 heteroatoms. The van der Waals surface area contributed by atoms with E-state index in [2.05, 4.69) is 0 Å². The van der Waals surface area contributed by atoms with Crippen LogP contribution < -0.4 is 9.47 Å². The maximum atomic E-state index is 11.6. The van der Waals surface area contributed by atoms with E-state index in [0.29, 0.717) is 11.5 Å². The summed E-state index contributed by atoms with van der Waals surface area (Å²) in [4.78, 5) is 0. The molecule has 0 aliphatic heterocycles. The second-order valence-electron chi connectivity index (χ2n) is 4.59. The molecule has 5 nitrogen and oxygen atoms in total. The molecular weight excluding hydrogens is 303 g/mol. The molecule has 0 aliphatic carbocycles. The molecule has 0 N–H and O–H groups in total. The third-order valence-corrected chi connectivity index (χ3v) is 3.68. The van der Waals surface area contributed by atoms with Crippen LogP contribution in [0, 0.1) is 13.8 Å². The Hall–Kier alpha value is -1.81. The van der Waals surface area contributed by atoms with Crippen molar-refractivity contribution >= 4 is 8.25 Å². The van der Waals surface area contributed by atoms with Crippen LogP contribution >= 0.6 is 8.25 Å². The monoisotopic (exact) mass is 322 g/mol. The molecule has 0 bridgehead atoms. The largest absolute Gasteiger partial charge is 0.467 e. The van der Waals surface area contributed by atoms with Gasteiger partial charge in [0.25, 0.3) is 0 Å². The van der Waals surface area contributed by atoms with E-state index in [9.17, 15) is 4.57 Å². The first-order chi connectivity index (χ1) is 10.7. The van der Waals surface area contributed by atoms with E-state index in [1.807, 2.05) is 62.4 Å². The summed E-state index contributed by atoms with van der Waals surface area (Å²) >= 11 is 0. The molecule has 0 unspecified atom stereocenters. The second kappa shape index (κ2) is 8.59. The van der Waals surface area contributed by atoms with Gasteiger partial charge < -0.3 is 9.47 Å². The van der Waals surface area contributed by atoms with E-state index >= 15 is 0 Å². The minimum absolute atomic E-state index is 0.132. The van der Waals surface area contributed by atoms with E-state index in [-0.39, 0.29) is 13.6 Å². The zero-order chi connectivity index (χ0) is 15.8. The van der Waals surface area contributed by atoms with Crippen LogP contribution in [0.4, 0.5) is 0 Å². The summed E-state index contributed by atoms with van der Waals surface area (Å²) in [6.07, 6.45) is 0. The molecule has 2 aromatic carbocycles. The normalized spacial score (nSPS) is 10.7. The Labute approximate surface area is 130 Å². The fourth-order valence-corrected chi connectivity index (χ4v) is 2.15. The molecule has 0 saturated carbocycles. The van der Waals surface area contributed by atoms with Crippen molar-refractivity contribution in [3.05, 3.63) is 59.7 Å². The Morgan fingerprint density at radius 3 is 1.59 bits per heavy atom. The van der Waals surface area contributed by atoms with Gasteiger partial charge in [-0.25, -0.2) is 0 Å². The van der Waals surface area contributed by atoms with Crippen molar-refractivity contribution in [2.24, 2.45) is 0 Å². The smallest absolute Gasteiger partial charge is 0.324 e. The third kappa shape index (κ3) is 5.19. The molecule has 118 valence electrons. The van der Waals surface area contributed by atoms with Gasteiger partial charge in [-0.15, -0.1) is 0 Å². The first kappa shape index (κ1) is 16.6. The van der Waals surface area contributed by atoms with E-state index in [4.69, 9.17) is 18.5 Å². The topological polar surface area (TPSA) is 54.0 Å². The van der Waals surface area contributed by atoms with Crippen molar-refractivity contribution in [2.45, 2.75) is 13.8 Å². The Balaban J connectivity index is 1.66. The first-order valence-electron chi connectivity index (χ1n) is 6.83. The minimum atomic E-state index is -2.65. The molecule has 2 aromatic rings. The van der Waals surface area contributed by atoms with Crippen molar-refractivity contribution in [2.75, 3.05) is 13.6 Å². The summed E-state index contributed by atoms with van der Waals surface area (Å²) in [6.45, 7) is 3.58. The fraction of sp³-hybridized carbons (Fsp3) is 0.250. The zero-order valence-electron chi connectivity index (χ0n) is 12.6. The predicted octanol–water partition coefficient (Wildman–Crippen LogP) is 4.10. The summed E-state index contributed by atoms with van der Waals surface area (Å²) in [5.74, 6) is 1.38. The SMILES string of the molecule is Cc1ccccc1OCO[PH](=O)OCOc1ccccc1C. The van der Waals surface area contributed by atoms with Gasteiger partial charge in [0.1, 0.15) is 11.5 Å². The van der Waals surface area contributed by atoms with Crippen molar-refractivity contribution in [1.82, 2.24) is 0 Å². The molecule has 0 aliphatic rings. The molecule has 2 rings (SSSR count). The Morgan fingerprint density at radius 2 is 1.18 bits per heavy atom. The van der Waals surface area contributed by atoms with Gasteiger partial charge in [0.05, 0.1) is 0 Å². The lowest BCUT2D eigenvalue weighted by atomic mass is 10.2. The summed E-state index contributed by atoms with van der Waals surface area (Å²) in [5.41, 5.74) is 1.96. The number of ether oxygens (including phenoxy) is 2. The van der Waals surface area contributed by atoms with Gasteiger partial charge in [-0.1, -0.05) is 36.4 Å². The van der Waals surface area contributed by atoms with Crippen LogP contribution in [0.25, 0.3) is 0 Å². The van der Waals surface area contributed by atoms with E-state index in [1.165, 1.54) is 0 Å². The number of benzene rings is 2. The van der Waals surface area contributed by atoms with Gasteiger partial charge in [0, 0.05) is 0 Å². The number of hydrogen-bond acceptors (Lipinski definition) is 5. The van der Waals surface area contributed by atoms with Crippen LogP contribution in [-0.2, 0) is 13.6 Å². The van der Waals surface area contributed by atoms with Gasteiger partial charge in [0.2, 0.25) is 0 Å². The molecular formula is C16H19O5P. The van der Waals surface area contributed by atoms with Crippen LogP contribution in [0.5, 0.6) is 11.5 Å². The molecule has 0 amide bonds. The number of para-hydroxylation sites is 2. The van der Waals surface area contributed by atoms with E-state index in [0.717, 1.165) is 11.1 Å². The fourth-order valence-electron chi connectivity index (χ4n) is 1.76. The Bertz CT molecular complexity index is 576. The van der Waals surface area contributed by atoms with Gasteiger partial charge in [-0.2, -0.15) is 0 Å². The summed E-state index contributed by atoms with van der Waals surface area (Å²) in [7, 11) is -2.65. The molecule has 0 spiro atoms. The zero-order valence-corrected chi connectivity index (χ0v) is 13.6. The van der Waals surface area contributed by atoms with Crippen molar-refractivity contribution in [1.29, 1.82) is 0 Å². The first-order valence-corrected chi connectivity index (χ1v) is 8.05. The molecule has 0 aromatic heterocycles. The average molecular weight is 322 g/mol. The lowest BCUT2D eigenvalue weighted by Crippen LogP contribution is -2.03. The highest BCUT2D eigenvalue weighted by Gasteiger charge is 2.03. The van der Waals surface area contributed by atoms with Gasteiger partial charge in [0.15, 0.2) is 13.6 Å². The van der Waals surface area contributed by atoms with E-state index < -0.39 is 8.25 Å². The summed E-state index contributed by atoms with van der Waals surface area (Å²) in [5, 5.41) is 0. The van der Waals surface area contributed by atoms with Crippen molar-refractivity contribution in [3.8, 4) is 11.5 Å². The van der Waals surface area contributed by atoms with Crippen LogP contribution in [-0.4, -0.2) is 13.6 Å². The van der Waals surface area contributed by atoms with Crippen LogP contribution in [0.2, 0.25) is 0 Å². The molecule has 0 saturated heterocycles. The average Bonchev–Trinajstić information content (AvgIpc) is 2.51. The standard InChI is InChI=1S/C16H19O5P/c1-13-7-3-5-9-15(13)18-11-20-22(17)21-12-19-16-10-6-4-8-14(16)2/h3-10,22H,11-12H2,1-2H3. The number of aryl methyl sites for hydroxylation is 2. The minimum Gasteiger partial charge on any atom is -0.467 e. The van der Waals surface area contributed by atoms with Crippen molar-refractivity contribution < 1.29 is 23.1 Å². The van der Waals surface area contributed by atoms with Crippen molar-refractivity contribution in [3.63, 3.8) is 0 Å². The molecule has 22 heavy (non-hydrogen) atoms. The van der Waals surface area contributed by atoms with Gasteiger partial charge in [-0.05, 0) is 37.1 Å². The van der Waals surface area contributed by atoms with Crippen LogP contribution in [0.15, 0.2) is 48.5 Å². The quantitative estimate of drug-likeness (QED) is 0.541. The third-order valence-electron chi connectivity index (χ3n) is 2.97. The molecule has 0 fully saturated rings. The van der Waals surface area contributed by atoms with E-state index in [1.54, 1.807) is 0 Å². The second-order valence-corrected chi connectivity index (χ2v) is 5.67. The van der Waals surface area contributed by atoms with Crippen LogP contribution in [0.1, 0.15) is 11.1 Å². The lowest BCUT2D eigenvalue weighted by molar-refractivity contribution is 0.0691. The highest BCUT2D eigenvalue weighted by Crippen LogP contribution is 2.25. The summed E-state index contributed by atoms with van der Waals surface area (Å²) < 4.78 is 32.3. The maximum Gasteiger partial charge on any atom is 0.324 e. The summed E-state index contributed by atoms with van der Waals surface area (Å²) in [6, 6.07) is 15.0. The highest BCUT2D eigenvalue weighted by atomic mass is 31.1.